The first-order valence-electron chi connectivity index (χ1n) is 8.92. The molecule has 1 N–H and O–H groups in total. The summed E-state index contributed by atoms with van der Waals surface area (Å²) >= 11 is 6.33. The number of furan rings is 1. The van der Waals surface area contributed by atoms with Gasteiger partial charge in [0.05, 0.1) is 5.56 Å². The number of para-hydroxylation sites is 1. The summed E-state index contributed by atoms with van der Waals surface area (Å²) < 4.78 is 6.01. The summed E-state index contributed by atoms with van der Waals surface area (Å²) in [6, 6.07) is 25.6. The maximum Gasteiger partial charge on any atom is 0.155 e. The highest BCUT2D eigenvalue weighted by Crippen LogP contribution is 2.33. The Kier molecular flexibility index (Phi) is 3.96. The van der Waals surface area contributed by atoms with Crippen LogP contribution in [0.4, 0.5) is 0 Å². The van der Waals surface area contributed by atoms with E-state index in [-0.39, 0.29) is 5.84 Å². The molecule has 0 bridgehead atoms. The van der Waals surface area contributed by atoms with Crippen LogP contribution in [0.25, 0.3) is 32.7 Å². The van der Waals surface area contributed by atoms with E-state index in [4.69, 9.17) is 21.4 Å². The number of amidine groups is 1. The fraction of sp³-hybridized carbons (Fsp3) is 0. The summed E-state index contributed by atoms with van der Waals surface area (Å²) in [6.45, 7) is 0. The van der Waals surface area contributed by atoms with Crippen LogP contribution < -0.4 is 0 Å². The Labute approximate surface area is 166 Å². The SMILES string of the molecule is N=C(N=Cc1cccc2ccccc12)c1cc(Cl)cc2c1oc1ccccc12. The van der Waals surface area contributed by atoms with Crippen molar-refractivity contribution >= 4 is 56.4 Å². The number of halogens is 1. The van der Waals surface area contributed by atoms with Gasteiger partial charge in [-0.15, -0.1) is 0 Å². The minimum atomic E-state index is 0.111. The van der Waals surface area contributed by atoms with Gasteiger partial charge in [-0.05, 0) is 29.0 Å². The van der Waals surface area contributed by atoms with Crippen LogP contribution >= 0.6 is 11.6 Å². The molecule has 0 saturated carbocycles. The maximum atomic E-state index is 8.52. The molecule has 0 unspecified atom stereocenters. The number of aliphatic imine (C=N–C) groups is 1. The molecule has 0 fully saturated rings. The average molecular weight is 383 g/mol. The zero-order valence-corrected chi connectivity index (χ0v) is 15.6. The maximum absolute atomic E-state index is 8.52. The number of hydrogen-bond donors (Lipinski definition) is 1. The summed E-state index contributed by atoms with van der Waals surface area (Å²) in [5.74, 6) is 0.111. The van der Waals surface area contributed by atoms with Gasteiger partial charge in [0.2, 0.25) is 0 Å². The third-order valence-corrected chi connectivity index (χ3v) is 5.07. The van der Waals surface area contributed by atoms with Crippen LogP contribution in [0, 0.1) is 5.41 Å². The second-order valence-electron chi connectivity index (χ2n) is 6.60. The smallest absolute Gasteiger partial charge is 0.155 e. The predicted octanol–water partition coefficient (Wildman–Crippen LogP) is 6.84. The zero-order valence-electron chi connectivity index (χ0n) is 14.8. The van der Waals surface area contributed by atoms with Crippen LogP contribution in [0.3, 0.4) is 0 Å². The van der Waals surface area contributed by atoms with Crippen molar-refractivity contribution in [1.29, 1.82) is 5.41 Å². The van der Waals surface area contributed by atoms with Gasteiger partial charge in [-0.2, -0.15) is 0 Å². The summed E-state index contributed by atoms with van der Waals surface area (Å²) in [6.07, 6.45) is 1.72. The number of hydrogen-bond acceptors (Lipinski definition) is 2. The number of benzene rings is 4. The van der Waals surface area contributed by atoms with Crippen molar-refractivity contribution in [2.24, 2.45) is 4.99 Å². The third kappa shape index (κ3) is 2.77. The van der Waals surface area contributed by atoms with Crippen LogP contribution in [-0.2, 0) is 0 Å². The van der Waals surface area contributed by atoms with Crippen molar-refractivity contribution in [2.45, 2.75) is 0 Å². The van der Waals surface area contributed by atoms with Gasteiger partial charge in [-0.1, -0.05) is 72.3 Å². The van der Waals surface area contributed by atoms with Crippen molar-refractivity contribution in [3.63, 3.8) is 0 Å². The van der Waals surface area contributed by atoms with Crippen LogP contribution in [-0.4, -0.2) is 12.1 Å². The fourth-order valence-corrected chi connectivity index (χ4v) is 3.75. The normalized spacial score (nSPS) is 11.8. The van der Waals surface area contributed by atoms with E-state index in [1.54, 1.807) is 12.3 Å². The first-order valence-corrected chi connectivity index (χ1v) is 9.30. The average Bonchev–Trinajstić information content (AvgIpc) is 3.10. The molecule has 0 aliphatic heterocycles. The fourth-order valence-electron chi connectivity index (χ4n) is 3.53. The first kappa shape index (κ1) is 16.7. The molecule has 0 radical (unpaired) electrons. The quantitative estimate of drug-likeness (QED) is 0.264. The predicted molar refractivity (Wildman–Crippen MR) is 117 cm³/mol. The topological polar surface area (TPSA) is 49.4 Å². The molecular weight excluding hydrogens is 368 g/mol. The summed E-state index contributed by atoms with van der Waals surface area (Å²) in [7, 11) is 0. The van der Waals surface area contributed by atoms with Gasteiger partial charge in [0.1, 0.15) is 11.2 Å². The molecule has 4 heteroatoms. The highest BCUT2D eigenvalue weighted by Gasteiger charge is 2.14. The molecular formula is C24H15ClN2O. The second kappa shape index (κ2) is 6.63. The molecule has 0 saturated heterocycles. The molecule has 134 valence electrons. The molecule has 4 aromatic carbocycles. The first-order chi connectivity index (χ1) is 13.7. The van der Waals surface area contributed by atoms with Crippen molar-refractivity contribution in [3.05, 3.63) is 95.0 Å². The van der Waals surface area contributed by atoms with Gasteiger partial charge >= 0.3 is 0 Å². The van der Waals surface area contributed by atoms with Crippen molar-refractivity contribution in [1.82, 2.24) is 0 Å². The van der Waals surface area contributed by atoms with Crippen LogP contribution in [0.2, 0.25) is 5.02 Å². The number of nitrogens with zero attached hydrogens (tertiary/aromatic N) is 1. The van der Waals surface area contributed by atoms with Gasteiger partial charge in [-0.25, -0.2) is 4.99 Å². The number of fused-ring (bicyclic) bond motifs is 4. The minimum Gasteiger partial charge on any atom is -0.455 e. The van der Waals surface area contributed by atoms with Gasteiger partial charge in [0, 0.05) is 27.6 Å². The Hall–Kier alpha value is -3.43. The summed E-state index contributed by atoms with van der Waals surface area (Å²) in [5.41, 5.74) is 2.94. The van der Waals surface area contributed by atoms with Crippen molar-refractivity contribution < 1.29 is 4.42 Å². The van der Waals surface area contributed by atoms with E-state index < -0.39 is 0 Å². The molecule has 28 heavy (non-hydrogen) atoms. The standard InChI is InChI=1S/C24H15ClN2O/c25-17-12-20-19-10-3-4-11-22(19)28-23(20)21(13-17)24(26)27-14-16-8-5-7-15-6-1-2-9-18(15)16/h1-14,26H. The van der Waals surface area contributed by atoms with E-state index in [0.717, 1.165) is 32.7 Å². The molecule has 5 rings (SSSR count). The largest absolute Gasteiger partial charge is 0.455 e. The van der Waals surface area contributed by atoms with Crippen LogP contribution in [0.15, 0.2) is 88.3 Å². The number of rotatable bonds is 2. The molecule has 0 aliphatic rings. The molecule has 0 aliphatic carbocycles. The summed E-state index contributed by atoms with van der Waals surface area (Å²) in [5, 5.41) is 13.2. The van der Waals surface area contributed by atoms with Gasteiger partial charge in [0.15, 0.2) is 5.84 Å². The Bertz CT molecular complexity index is 1390. The zero-order chi connectivity index (χ0) is 19.1. The monoisotopic (exact) mass is 382 g/mol. The highest BCUT2D eigenvalue weighted by molar-refractivity contribution is 6.33. The lowest BCUT2D eigenvalue weighted by Crippen LogP contribution is -1.97. The molecule has 1 aromatic heterocycles. The van der Waals surface area contributed by atoms with Crippen molar-refractivity contribution in [2.75, 3.05) is 0 Å². The highest BCUT2D eigenvalue weighted by atomic mass is 35.5. The lowest BCUT2D eigenvalue weighted by atomic mass is 10.1. The van der Waals surface area contributed by atoms with Crippen molar-refractivity contribution in [3.8, 4) is 0 Å². The van der Waals surface area contributed by atoms with E-state index in [1.165, 1.54) is 0 Å². The molecule has 5 aromatic rings. The summed E-state index contributed by atoms with van der Waals surface area (Å²) in [4.78, 5) is 4.42. The lowest BCUT2D eigenvalue weighted by molar-refractivity contribution is 0.668. The number of nitrogens with one attached hydrogen (secondary N) is 1. The van der Waals surface area contributed by atoms with E-state index in [1.807, 2.05) is 54.6 Å². The van der Waals surface area contributed by atoms with Gasteiger partial charge in [-0.3, -0.25) is 5.41 Å². The van der Waals surface area contributed by atoms with Gasteiger partial charge in [0.25, 0.3) is 0 Å². The van der Waals surface area contributed by atoms with E-state index in [2.05, 4.69) is 23.2 Å². The molecule has 0 atom stereocenters. The van der Waals surface area contributed by atoms with Crippen LogP contribution in [0.5, 0.6) is 0 Å². The minimum absolute atomic E-state index is 0.111. The Morgan fingerprint density at radius 2 is 1.61 bits per heavy atom. The molecule has 0 spiro atoms. The van der Waals surface area contributed by atoms with Crippen LogP contribution in [0.1, 0.15) is 11.1 Å². The lowest BCUT2D eigenvalue weighted by Gasteiger charge is -2.03. The molecule has 3 nitrogen and oxygen atoms in total. The Morgan fingerprint density at radius 1 is 0.857 bits per heavy atom. The van der Waals surface area contributed by atoms with Gasteiger partial charge < -0.3 is 4.42 Å². The Balaban J connectivity index is 1.62. The molecule has 0 amide bonds. The third-order valence-electron chi connectivity index (χ3n) is 4.85. The molecule has 1 heterocycles. The second-order valence-corrected chi connectivity index (χ2v) is 7.04. The van der Waals surface area contributed by atoms with E-state index in [9.17, 15) is 0 Å². The van der Waals surface area contributed by atoms with E-state index >= 15 is 0 Å². The van der Waals surface area contributed by atoms with E-state index in [0.29, 0.717) is 16.2 Å². The Morgan fingerprint density at radius 3 is 2.50 bits per heavy atom.